The maximum atomic E-state index is 6.65. The van der Waals surface area contributed by atoms with Crippen molar-refractivity contribution in [3.63, 3.8) is 0 Å². The number of anilines is 2. The molecule has 8 rings (SSSR count). The predicted octanol–water partition coefficient (Wildman–Crippen LogP) is 9.36. The van der Waals surface area contributed by atoms with Crippen LogP contribution < -0.4 is 9.80 Å². The van der Waals surface area contributed by atoms with Gasteiger partial charge in [-0.05, 0) is 61.0 Å². The number of halogens is 2. The molecule has 4 aromatic carbocycles. The Morgan fingerprint density at radius 2 is 1.49 bits per heavy atom. The third kappa shape index (κ3) is 4.17. The lowest BCUT2D eigenvalue weighted by molar-refractivity contribution is 0.499. The van der Waals surface area contributed by atoms with Crippen LogP contribution in [0.25, 0.3) is 17.0 Å². The topological polar surface area (TPSA) is 49.8 Å². The minimum atomic E-state index is -0.325. The van der Waals surface area contributed by atoms with Crippen molar-refractivity contribution >= 4 is 46.4 Å². The fraction of sp³-hybridized carbons (Fsp3) is 0.0857. The Morgan fingerprint density at radius 1 is 0.767 bits per heavy atom. The first-order chi connectivity index (χ1) is 21.1. The smallest absolute Gasteiger partial charge is 0.213 e. The van der Waals surface area contributed by atoms with Gasteiger partial charge in [0.2, 0.25) is 5.96 Å². The second kappa shape index (κ2) is 10.2. The molecular weight excluding hydrogens is 577 g/mol. The van der Waals surface area contributed by atoms with E-state index in [2.05, 4.69) is 58.3 Å². The number of benzene rings is 4. The van der Waals surface area contributed by atoms with Crippen molar-refractivity contribution < 1.29 is 4.42 Å². The fourth-order valence-electron chi connectivity index (χ4n) is 6.07. The van der Waals surface area contributed by atoms with Gasteiger partial charge in [-0.3, -0.25) is 4.90 Å². The van der Waals surface area contributed by atoms with E-state index < -0.39 is 0 Å². The van der Waals surface area contributed by atoms with Gasteiger partial charge in [-0.2, -0.15) is 10.1 Å². The summed E-state index contributed by atoms with van der Waals surface area (Å²) in [5.74, 6) is 3.00. The van der Waals surface area contributed by atoms with E-state index in [0.29, 0.717) is 22.4 Å². The van der Waals surface area contributed by atoms with E-state index in [1.54, 1.807) is 6.07 Å². The monoisotopic (exact) mass is 601 g/mol. The van der Waals surface area contributed by atoms with Crippen molar-refractivity contribution in [1.82, 2.24) is 9.78 Å². The second-order valence-corrected chi connectivity index (χ2v) is 11.4. The van der Waals surface area contributed by atoms with Crippen LogP contribution in [0.4, 0.5) is 17.2 Å². The highest BCUT2D eigenvalue weighted by Gasteiger charge is 2.45. The van der Waals surface area contributed by atoms with Crippen LogP contribution in [-0.4, -0.2) is 15.7 Å². The van der Waals surface area contributed by atoms with Crippen molar-refractivity contribution in [3.8, 4) is 17.0 Å². The van der Waals surface area contributed by atoms with E-state index >= 15 is 0 Å². The van der Waals surface area contributed by atoms with E-state index in [0.717, 1.165) is 51.4 Å². The van der Waals surface area contributed by atoms with Crippen LogP contribution in [0.5, 0.6) is 0 Å². The van der Waals surface area contributed by atoms with Gasteiger partial charge < -0.3 is 9.32 Å². The zero-order valence-electron chi connectivity index (χ0n) is 23.2. The number of furan rings is 1. The Morgan fingerprint density at radius 3 is 2.28 bits per heavy atom. The first kappa shape index (κ1) is 25.9. The molecule has 2 aromatic heterocycles. The number of aryl methyl sites for hydroxylation is 1. The number of para-hydroxylation sites is 3. The molecule has 0 N–H and O–H groups in total. The Labute approximate surface area is 259 Å². The van der Waals surface area contributed by atoms with Crippen LogP contribution in [0, 0.1) is 6.92 Å². The lowest BCUT2D eigenvalue weighted by Gasteiger charge is -2.33. The zero-order chi connectivity index (χ0) is 29.1. The molecule has 0 amide bonds. The maximum Gasteiger partial charge on any atom is 0.213 e. The molecule has 8 heteroatoms. The third-order valence-corrected chi connectivity index (χ3v) is 8.82. The molecule has 0 fully saturated rings. The minimum absolute atomic E-state index is 0.325. The summed E-state index contributed by atoms with van der Waals surface area (Å²) in [7, 11) is 0. The second-order valence-electron chi connectivity index (χ2n) is 10.6. The predicted molar refractivity (Wildman–Crippen MR) is 173 cm³/mol. The quantitative estimate of drug-likeness (QED) is 0.197. The Bertz CT molecular complexity index is 2020. The molecule has 1 unspecified atom stereocenters. The standard InChI is InChI=1S/C35H25Cl2N5O/c1-22-31-33(30-20-19-29(43-30)25-15-10-16-26(36)32(25)37)41-28-18-9-8-17-27(28)40(21-23-11-4-2-5-12-23)35(41)38-34(31)42(39-22)24-13-6-3-7-14-24/h2-20,33H,21H2,1H3. The number of guanidine groups is 1. The van der Waals surface area contributed by atoms with Crippen molar-refractivity contribution in [2.24, 2.45) is 4.99 Å². The Kier molecular flexibility index (Phi) is 6.14. The molecule has 1 atom stereocenters. The van der Waals surface area contributed by atoms with Crippen LogP contribution in [0.15, 0.2) is 125 Å². The van der Waals surface area contributed by atoms with Crippen LogP contribution >= 0.6 is 23.2 Å². The number of aliphatic imine (C=N–C) groups is 1. The van der Waals surface area contributed by atoms with E-state index in [-0.39, 0.29) is 6.04 Å². The van der Waals surface area contributed by atoms with Gasteiger partial charge in [-0.15, -0.1) is 0 Å². The molecular formula is C35H25Cl2N5O. The fourth-order valence-corrected chi connectivity index (χ4v) is 6.46. The normalized spacial score (nSPS) is 15.2. The molecule has 43 heavy (non-hydrogen) atoms. The zero-order valence-corrected chi connectivity index (χ0v) is 24.7. The van der Waals surface area contributed by atoms with Gasteiger partial charge in [-0.1, -0.05) is 89.9 Å². The Balaban J connectivity index is 1.35. The van der Waals surface area contributed by atoms with Crippen LogP contribution in [0.2, 0.25) is 10.0 Å². The number of nitrogens with zero attached hydrogens (tertiary/aromatic N) is 5. The highest BCUT2D eigenvalue weighted by Crippen LogP contribution is 2.51. The lowest BCUT2D eigenvalue weighted by atomic mass is 10.0. The molecule has 2 aliphatic heterocycles. The number of hydrogen-bond acceptors (Lipinski definition) is 5. The van der Waals surface area contributed by atoms with Gasteiger partial charge >= 0.3 is 0 Å². The number of aromatic nitrogens is 2. The van der Waals surface area contributed by atoms with Gasteiger partial charge in [-0.25, -0.2) is 4.68 Å². The molecule has 0 saturated carbocycles. The summed E-state index contributed by atoms with van der Waals surface area (Å²) in [5, 5.41) is 5.95. The number of rotatable bonds is 5. The summed E-state index contributed by atoms with van der Waals surface area (Å²) in [6.45, 7) is 2.70. The highest BCUT2D eigenvalue weighted by atomic mass is 35.5. The summed E-state index contributed by atoms with van der Waals surface area (Å²) in [5.41, 5.74) is 6.88. The van der Waals surface area contributed by atoms with Crippen LogP contribution in [0.3, 0.4) is 0 Å². The third-order valence-electron chi connectivity index (χ3n) is 8.01. The van der Waals surface area contributed by atoms with E-state index in [1.165, 1.54) is 5.56 Å². The van der Waals surface area contributed by atoms with Crippen molar-refractivity contribution in [2.75, 3.05) is 9.80 Å². The van der Waals surface area contributed by atoms with E-state index in [1.807, 2.05) is 72.3 Å². The highest BCUT2D eigenvalue weighted by molar-refractivity contribution is 6.43. The number of hydrogen-bond donors (Lipinski definition) is 0. The minimum Gasteiger partial charge on any atom is -0.458 e. The summed E-state index contributed by atoms with van der Waals surface area (Å²) in [4.78, 5) is 9.90. The molecule has 0 radical (unpaired) electrons. The summed E-state index contributed by atoms with van der Waals surface area (Å²) in [6, 6.07) is 38.2. The van der Waals surface area contributed by atoms with Crippen molar-refractivity contribution in [1.29, 1.82) is 0 Å². The van der Waals surface area contributed by atoms with E-state index in [9.17, 15) is 0 Å². The van der Waals surface area contributed by atoms with Gasteiger partial charge in [0.15, 0.2) is 5.82 Å². The van der Waals surface area contributed by atoms with Crippen LogP contribution in [0.1, 0.15) is 28.6 Å². The summed E-state index contributed by atoms with van der Waals surface area (Å²) < 4.78 is 8.59. The molecule has 6 nitrogen and oxygen atoms in total. The van der Waals surface area contributed by atoms with E-state index in [4.69, 9.17) is 37.7 Å². The molecule has 210 valence electrons. The molecule has 0 aliphatic carbocycles. The van der Waals surface area contributed by atoms with Crippen molar-refractivity contribution in [2.45, 2.75) is 19.5 Å². The van der Waals surface area contributed by atoms with Crippen LogP contribution in [-0.2, 0) is 6.54 Å². The number of fused-ring (bicyclic) bond motifs is 4. The first-order valence-electron chi connectivity index (χ1n) is 14.1. The first-order valence-corrected chi connectivity index (χ1v) is 14.8. The van der Waals surface area contributed by atoms with Gasteiger partial charge in [0, 0.05) is 5.56 Å². The maximum absolute atomic E-state index is 6.65. The van der Waals surface area contributed by atoms with Crippen molar-refractivity contribution in [3.05, 3.63) is 148 Å². The summed E-state index contributed by atoms with van der Waals surface area (Å²) >= 11 is 13.0. The largest absolute Gasteiger partial charge is 0.458 e. The molecule has 0 bridgehead atoms. The van der Waals surface area contributed by atoms with Gasteiger partial charge in [0.05, 0.1) is 44.9 Å². The molecule has 0 spiro atoms. The lowest BCUT2D eigenvalue weighted by Crippen LogP contribution is -2.42. The van der Waals surface area contributed by atoms with Gasteiger partial charge in [0.1, 0.15) is 17.6 Å². The average molecular weight is 603 g/mol. The average Bonchev–Trinajstić information content (AvgIpc) is 3.74. The molecule has 2 aliphatic rings. The molecule has 4 heterocycles. The van der Waals surface area contributed by atoms with Gasteiger partial charge in [0.25, 0.3) is 0 Å². The summed E-state index contributed by atoms with van der Waals surface area (Å²) in [6.07, 6.45) is 0. The Hall–Kier alpha value is -4.78. The SMILES string of the molecule is Cc1nn(-c2ccccc2)c2c1C(c1ccc(-c3cccc(Cl)c3Cl)o1)N1C(=N2)N(Cc2ccccc2)c2ccccc21. The molecule has 6 aromatic rings. The molecule has 0 saturated heterocycles.